The van der Waals surface area contributed by atoms with Crippen molar-refractivity contribution in [2.24, 2.45) is 11.3 Å². The maximum atomic E-state index is 12.6. The molecule has 1 aliphatic carbocycles. The summed E-state index contributed by atoms with van der Waals surface area (Å²) in [4.78, 5) is 31.7. The maximum absolute atomic E-state index is 12.6. The third-order valence-electron chi connectivity index (χ3n) is 8.34. The SMILES string of the molecule is COC(=O)C1C2(C(=O)O)COC1(c1nc3c(C)cc(N4CC[C@](C)(c5ccccc5)C4)cn3n1)C2. The number of carbonyl (C=O) groups is 2. The van der Waals surface area contributed by atoms with Crippen LogP contribution in [-0.4, -0.2) is 58.4 Å². The summed E-state index contributed by atoms with van der Waals surface area (Å²) in [5.41, 5.74) is 1.59. The highest BCUT2D eigenvalue weighted by atomic mass is 16.5. The Kier molecular flexibility index (Phi) is 4.58. The van der Waals surface area contributed by atoms with E-state index in [2.05, 4.69) is 42.2 Å². The Morgan fingerprint density at radius 1 is 1.26 bits per heavy atom. The molecule has 3 aliphatic heterocycles. The normalized spacial score (nSPS) is 31.5. The highest BCUT2D eigenvalue weighted by molar-refractivity contribution is 5.89. The van der Waals surface area contributed by atoms with Gasteiger partial charge in [-0.25, -0.2) is 9.50 Å². The van der Waals surface area contributed by atoms with Crippen LogP contribution in [0.1, 0.15) is 36.7 Å². The third kappa shape index (κ3) is 2.90. The fourth-order valence-corrected chi connectivity index (χ4v) is 6.32. The van der Waals surface area contributed by atoms with Crippen LogP contribution in [0.5, 0.6) is 0 Å². The molecule has 0 radical (unpaired) electrons. The Hall–Kier alpha value is -3.46. The number of hydrogen-bond acceptors (Lipinski definition) is 7. The summed E-state index contributed by atoms with van der Waals surface area (Å²) in [6.45, 7) is 6.04. The lowest BCUT2D eigenvalue weighted by Gasteiger charge is -2.46. The molecule has 3 unspecified atom stereocenters. The number of aryl methyl sites for hydroxylation is 1. The lowest BCUT2D eigenvalue weighted by Crippen LogP contribution is -2.60. The van der Waals surface area contributed by atoms with Crippen molar-refractivity contribution in [3.8, 4) is 0 Å². The number of benzene rings is 1. The van der Waals surface area contributed by atoms with Gasteiger partial charge in [0.25, 0.3) is 0 Å². The van der Waals surface area contributed by atoms with Crippen molar-refractivity contribution in [1.82, 2.24) is 14.6 Å². The van der Waals surface area contributed by atoms with Crippen LogP contribution in [0.3, 0.4) is 0 Å². The van der Waals surface area contributed by atoms with Gasteiger partial charge in [-0.05, 0) is 30.5 Å². The minimum Gasteiger partial charge on any atom is -0.481 e. The topological polar surface area (TPSA) is 106 Å². The number of aliphatic carboxylic acids is 1. The van der Waals surface area contributed by atoms with Gasteiger partial charge in [0.2, 0.25) is 0 Å². The summed E-state index contributed by atoms with van der Waals surface area (Å²) in [5, 5.41) is 14.5. The number of esters is 1. The Morgan fingerprint density at radius 3 is 2.74 bits per heavy atom. The molecule has 4 atom stereocenters. The number of rotatable bonds is 5. The van der Waals surface area contributed by atoms with Crippen molar-refractivity contribution >= 4 is 23.3 Å². The molecule has 0 amide bonds. The van der Waals surface area contributed by atoms with E-state index in [1.807, 2.05) is 19.2 Å². The monoisotopic (exact) mass is 476 g/mol. The fourth-order valence-electron chi connectivity index (χ4n) is 6.32. The fraction of sp³-hybridized carbons (Fsp3) is 0.462. The van der Waals surface area contributed by atoms with E-state index >= 15 is 0 Å². The van der Waals surface area contributed by atoms with E-state index in [0.717, 1.165) is 30.8 Å². The van der Waals surface area contributed by atoms with E-state index in [9.17, 15) is 14.7 Å². The van der Waals surface area contributed by atoms with Crippen molar-refractivity contribution in [1.29, 1.82) is 0 Å². The number of methoxy groups -OCH3 is 1. The number of anilines is 1. The number of pyridine rings is 1. The van der Waals surface area contributed by atoms with Gasteiger partial charge in [-0.3, -0.25) is 9.59 Å². The molecular formula is C26H28N4O5. The molecule has 1 N–H and O–H groups in total. The summed E-state index contributed by atoms with van der Waals surface area (Å²) in [6, 6.07) is 12.7. The minimum atomic E-state index is -1.29. The van der Waals surface area contributed by atoms with Gasteiger partial charge in [-0.1, -0.05) is 37.3 Å². The number of hydrogen-bond donors (Lipinski definition) is 1. The van der Waals surface area contributed by atoms with Crippen molar-refractivity contribution in [2.75, 3.05) is 31.7 Å². The van der Waals surface area contributed by atoms with Gasteiger partial charge in [-0.15, -0.1) is 5.10 Å². The molecule has 7 rings (SSSR count). The highest BCUT2D eigenvalue weighted by Crippen LogP contribution is 2.67. The van der Waals surface area contributed by atoms with Gasteiger partial charge in [0.05, 0.1) is 25.6 Å². The molecule has 3 saturated heterocycles. The average molecular weight is 477 g/mol. The lowest BCUT2D eigenvalue weighted by molar-refractivity contribution is -0.185. The van der Waals surface area contributed by atoms with Crippen molar-refractivity contribution in [3.05, 3.63) is 59.5 Å². The van der Waals surface area contributed by atoms with Crippen LogP contribution in [-0.2, 0) is 30.1 Å². The van der Waals surface area contributed by atoms with Crippen LogP contribution in [0.2, 0.25) is 0 Å². The zero-order chi connectivity index (χ0) is 24.6. The van der Waals surface area contributed by atoms with Gasteiger partial charge in [0, 0.05) is 24.9 Å². The van der Waals surface area contributed by atoms with Crippen LogP contribution in [0.4, 0.5) is 5.69 Å². The Balaban J connectivity index is 1.34. The van der Waals surface area contributed by atoms with Crippen LogP contribution >= 0.6 is 0 Å². The van der Waals surface area contributed by atoms with Crippen molar-refractivity contribution in [3.63, 3.8) is 0 Å². The standard InChI is InChI=1S/C26H28N4O5/c1-16-11-18(29-10-9-24(2,14-29)17-7-5-4-6-8-17)12-30-20(16)27-22(28-30)26-13-25(15-35-26,23(32)33)19(26)21(31)34-3/h4-8,11-12,19H,9-10,13-15H2,1-3H3,(H,32,33)/t19?,24-,25?,26?/m0/s1. The first-order valence-corrected chi connectivity index (χ1v) is 11.9. The first-order chi connectivity index (χ1) is 16.7. The van der Waals surface area contributed by atoms with Gasteiger partial charge in [0.1, 0.15) is 16.9 Å². The number of carbonyl (C=O) groups excluding carboxylic acids is 1. The van der Waals surface area contributed by atoms with Crippen LogP contribution < -0.4 is 4.90 Å². The minimum absolute atomic E-state index is 0.0618. The summed E-state index contributed by atoms with van der Waals surface area (Å²) in [7, 11) is 1.26. The summed E-state index contributed by atoms with van der Waals surface area (Å²) < 4.78 is 12.6. The predicted octanol–water partition coefficient (Wildman–Crippen LogP) is 2.70. The average Bonchev–Trinajstić information content (AvgIpc) is 3.60. The Labute approximate surface area is 202 Å². The molecule has 9 nitrogen and oxygen atoms in total. The molecule has 5 heterocycles. The molecule has 3 aromatic rings. The molecule has 1 saturated carbocycles. The molecular weight excluding hydrogens is 448 g/mol. The van der Waals surface area contributed by atoms with E-state index in [1.165, 1.54) is 12.7 Å². The summed E-state index contributed by atoms with van der Waals surface area (Å²) in [6.07, 6.45) is 3.16. The van der Waals surface area contributed by atoms with Crippen molar-refractivity contribution in [2.45, 2.75) is 37.7 Å². The number of aromatic nitrogens is 3. The molecule has 1 aromatic carbocycles. The van der Waals surface area contributed by atoms with Crippen LogP contribution in [0.15, 0.2) is 42.6 Å². The van der Waals surface area contributed by atoms with E-state index in [4.69, 9.17) is 19.6 Å². The van der Waals surface area contributed by atoms with Gasteiger partial charge in [-0.2, -0.15) is 0 Å². The maximum Gasteiger partial charge on any atom is 0.313 e. The molecule has 4 aliphatic rings. The van der Waals surface area contributed by atoms with Crippen LogP contribution in [0.25, 0.3) is 5.65 Å². The summed E-state index contributed by atoms with van der Waals surface area (Å²) in [5.74, 6) is -2.30. The molecule has 4 fully saturated rings. The largest absolute Gasteiger partial charge is 0.481 e. The van der Waals surface area contributed by atoms with Gasteiger partial charge >= 0.3 is 11.9 Å². The highest BCUT2D eigenvalue weighted by Gasteiger charge is 2.79. The van der Waals surface area contributed by atoms with Crippen molar-refractivity contribution < 1.29 is 24.2 Å². The first kappa shape index (κ1) is 22.0. The quantitative estimate of drug-likeness (QED) is 0.561. The van der Waals surface area contributed by atoms with Crippen LogP contribution in [0, 0.1) is 18.3 Å². The van der Waals surface area contributed by atoms with Gasteiger partial charge < -0.3 is 19.5 Å². The second-order valence-electron chi connectivity index (χ2n) is 10.5. The molecule has 2 bridgehead atoms. The van der Waals surface area contributed by atoms with E-state index in [0.29, 0.717) is 11.5 Å². The number of carboxylic acid groups (broad SMARTS) is 1. The third-order valence-corrected chi connectivity index (χ3v) is 8.34. The molecule has 2 aromatic heterocycles. The number of fused-ring (bicyclic) bond motifs is 2. The molecule has 0 spiro atoms. The lowest BCUT2D eigenvalue weighted by atomic mass is 9.53. The number of carboxylic acids is 1. The molecule has 35 heavy (non-hydrogen) atoms. The number of ether oxygens (including phenoxy) is 2. The Morgan fingerprint density at radius 2 is 2.03 bits per heavy atom. The second-order valence-corrected chi connectivity index (χ2v) is 10.5. The Bertz CT molecular complexity index is 1360. The van der Waals surface area contributed by atoms with E-state index in [1.54, 1.807) is 4.52 Å². The zero-order valence-electron chi connectivity index (χ0n) is 20.0. The second kappa shape index (κ2) is 7.27. The number of nitrogens with zero attached hydrogens (tertiary/aromatic N) is 4. The predicted molar refractivity (Wildman–Crippen MR) is 126 cm³/mol. The smallest absolute Gasteiger partial charge is 0.313 e. The molecule has 182 valence electrons. The molecule has 9 heteroatoms. The van der Waals surface area contributed by atoms with E-state index < -0.39 is 28.9 Å². The first-order valence-electron chi connectivity index (χ1n) is 11.9. The zero-order valence-corrected chi connectivity index (χ0v) is 20.0. The van der Waals surface area contributed by atoms with Gasteiger partial charge in [0.15, 0.2) is 11.5 Å². The summed E-state index contributed by atoms with van der Waals surface area (Å²) >= 11 is 0. The van der Waals surface area contributed by atoms with E-state index in [-0.39, 0.29) is 18.4 Å².